The van der Waals surface area contributed by atoms with Crippen molar-refractivity contribution >= 4 is 43.5 Å². The van der Waals surface area contributed by atoms with Crippen molar-refractivity contribution < 1.29 is 9.18 Å². The van der Waals surface area contributed by atoms with E-state index in [4.69, 9.17) is 5.73 Å². The molecule has 0 heterocycles. The van der Waals surface area contributed by atoms with Gasteiger partial charge in [0.25, 0.3) is 0 Å². The molecule has 2 aromatic carbocycles. The van der Waals surface area contributed by atoms with E-state index in [9.17, 15) is 9.18 Å². The van der Waals surface area contributed by atoms with Crippen LogP contribution in [-0.4, -0.2) is 5.91 Å². The standard InChI is InChI=1S/C14H11Br2FN2O/c15-10-2-1-3-11(16)13(10)19-7-9-6-8(14(18)20)4-5-12(9)17/h1-6,19H,7H2,(H2,18,20). The van der Waals surface area contributed by atoms with Gasteiger partial charge in [-0.2, -0.15) is 0 Å². The molecule has 3 N–H and O–H groups in total. The molecular weight excluding hydrogens is 391 g/mol. The Labute approximate surface area is 132 Å². The smallest absolute Gasteiger partial charge is 0.248 e. The number of carbonyl (C=O) groups is 1. The SMILES string of the molecule is NC(=O)c1ccc(F)c(CNc2c(Br)cccc2Br)c1. The van der Waals surface area contributed by atoms with Crippen molar-refractivity contribution in [2.75, 3.05) is 5.32 Å². The fourth-order valence-corrected chi connectivity index (χ4v) is 2.99. The minimum absolute atomic E-state index is 0.244. The zero-order valence-electron chi connectivity index (χ0n) is 10.3. The van der Waals surface area contributed by atoms with Crippen molar-refractivity contribution in [3.05, 3.63) is 62.3 Å². The molecule has 20 heavy (non-hydrogen) atoms. The maximum absolute atomic E-state index is 13.7. The Morgan fingerprint density at radius 2 is 1.85 bits per heavy atom. The maximum atomic E-state index is 13.7. The van der Waals surface area contributed by atoms with Crippen LogP contribution in [0.5, 0.6) is 0 Å². The third-order valence-corrected chi connectivity index (χ3v) is 4.07. The zero-order valence-corrected chi connectivity index (χ0v) is 13.5. The van der Waals surface area contributed by atoms with Crippen molar-refractivity contribution in [1.82, 2.24) is 0 Å². The number of primary amides is 1. The summed E-state index contributed by atoms with van der Waals surface area (Å²) in [7, 11) is 0. The summed E-state index contributed by atoms with van der Waals surface area (Å²) in [5.74, 6) is -0.959. The first-order valence-corrected chi connectivity index (χ1v) is 7.33. The van der Waals surface area contributed by atoms with E-state index in [1.807, 2.05) is 18.2 Å². The summed E-state index contributed by atoms with van der Waals surface area (Å²) in [5.41, 5.74) is 6.67. The number of anilines is 1. The summed E-state index contributed by atoms with van der Waals surface area (Å²) < 4.78 is 15.4. The molecule has 2 aromatic rings. The van der Waals surface area contributed by atoms with E-state index in [0.717, 1.165) is 14.6 Å². The monoisotopic (exact) mass is 400 g/mol. The van der Waals surface area contributed by atoms with E-state index >= 15 is 0 Å². The van der Waals surface area contributed by atoms with E-state index in [-0.39, 0.29) is 17.9 Å². The van der Waals surface area contributed by atoms with Crippen LogP contribution in [0.4, 0.5) is 10.1 Å². The lowest BCUT2D eigenvalue weighted by molar-refractivity contribution is 0.1000. The Kier molecular flexibility index (Phi) is 4.77. The second kappa shape index (κ2) is 6.37. The molecule has 3 nitrogen and oxygen atoms in total. The fraction of sp³-hybridized carbons (Fsp3) is 0.0714. The summed E-state index contributed by atoms with van der Waals surface area (Å²) in [5, 5.41) is 3.12. The largest absolute Gasteiger partial charge is 0.379 e. The molecule has 6 heteroatoms. The van der Waals surface area contributed by atoms with Gasteiger partial charge in [-0.3, -0.25) is 4.79 Å². The summed E-state index contributed by atoms with van der Waals surface area (Å²) >= 11 is 6.83. The molecule has 0 saturated carbocycles. The molecular formula is C14H11Br2FN2O. The van der Waals surface area contributed by atoms with E-state index in [2.05, 4.69) is 37.2 Å². The minimum Gasteiger partial charge on any atom is -0.379 e. The molecule has 0 spiro atoms. The van der Waals surface area contributed by atoms with Crippen molar-refractivity contribution in [3.63, 3.8) is 0 Å². The Balaban J connectivity index is 2.23. The fourth-order valence-electron chi connectivity index (χ4n) is 1.71. The number of amides is 1. The lowest BCUT2D eigenvalue weighted by atomic mass is 10.1. The molecule has 2 rings (SSSR count). The van der Waals surface area contributed by atoms with E-state index in [1.54, 1.807) is 0 Å². The molecule has 0 aliphatic carbocycles. The number of para-hydroxylation sites is 1. The van der Waals surface area contributed by atoms with Gasteiger partial charge in [0.05, 0.1) is 5.69 Å². The zero-order chi connectivity index (χ0) is 14.7. The van der Waals surface area contributed by atoms with Gasteiger partial charge in [0.2, 0.25) is 5.91 Å². The van der Waals surface area contributed by atoms with E-state index < -0.39 is 5.91 Å². The van der Waals surface area contributed by atoms with Gasteiger partial charge < -0.3 is 11.1 Å². The number of benzene rings is 2. The average Bonchev–Trinajstić information content (AvgIpc) is 2.39. The topological polar surface area (TPSA) is 55.1 Å². The Hall–Kier alpha value is -1.40. The van der Waals surface area contributed by atoms with Gasteiger partial charge in [-0.25, -0.2) is 4.39 Å². The molecule has 0 atom stereocenters. The van der Waals surface area contributed by atoms with Gasteiger partial charge in [-0.15, -0.1) is 0 Å². The lowest BCUT2D eigenvalue weighted by Gasteiger charge is -2.11. The predicted molar refractivity (Wildman–Crippen MR) is 84.1 cm³/mol. The highest BCUT2D eigenvalue weighted by Crippen LogP contribution is 2.31. The first-order chi connectivity index (χ1) is 9.49. The van der Waals surface area contributed by atoms with Crippen molar-refractivity contribution in [1.29, 1.82) is 0 Å². The molecule has 104 valence electrons. The Morgan fingerprint density at radius 3 is 2.45 bits per heavy atom. The summed E-state index contributed by atoms with van der Waals surface area (Å²) in [4.78, 5) is 11.1. The molecule has 0 aliphatic rings. The molecule has 0 saturated heterocycles. The average molecular weight is 402 g/mol. The van der Waals surface area contributed by atoms with Crippen LogP contribution in [-0.2, 0) is 6.54 Å². The molecule has 0 aliphatic heterocycles. The highest BCUT2D eigenvalue weighted by molar-refractivity contribution is 9.11. The number of hydrogen-bond acceptors (Lipinski definition) is 2. The number of nitrogens with one attached hydrogen (secondary N) is 1. The van der Waals surface area contributed by atoms with Crippen molar-refractivity contribution in [2.45, 2.75) is 6.54 Å². The number of halogens is 3. The second-order valence-electron chi connectivity index (χ2n) is 4.12. The van der Waals surface area contributed by atoms with Gasteiger partial charge >= 0.3 is 0 Å². The van der Waals surface area contributed by atoms with Crippen molar-refractivity contribution in [2.24, 2.45) is 5.73 Å². The van der Waals surface area contributed by atoms with Crippen LogP contribution in [0.3, 0.4) is 0 Å². The number of rotatable bonds is 4. The number of nitrogens with two attached hydrogens (primary N) is 1. The number of carbonyl (C=O) groups excluding carboxylic acids is 1. The quantitative estimate of drug-likeness (QED) is 0.811. The van der Waals surface area contributed by atoms with Gasteiger partial charge in [0.1, 0.15) is 5.82 Å². The molecule has 1 amide bonds. The van der Waals surface area contributed by atoms with Crippen LogP contribution in [0.15, 0.2) is 45.3 Å². The van der Waals surface area contributed by atoms with E-state index in [0.29, 0.717) is 5.56 Å². The van der Waals surface area contributed by atoms with Crippen LogP contribution >= 0.6 is 31.9 Å². The minimum atomic E-state index is -0.576. The molecule has 0 unspecified atom stereocenters. The second-order valence-corrected chi connectivity index (χ2v) is 5.83. The molecule has 0 radical (unpaired) electrons. The van der Waals surface area contributed by atoms with E-state index in [1.165, 1.54) is 18.2 Å². The first kappa shape index (κ1) is 15.0. The first-order valence-electron chi connectivity index (χ1n) is 5.75. The highest BCUT2D eigenvalue weighted by atomic mass is 79.9. The summed E-state index contributed by atoms with van der Waals surface area (Å²) in [6.07, 6.45) is 0. The van der Waals surface area contributed by atoms with Crippen molar-refractivity contribution in [3.8, 4) is 0 Å². The van der Waals surface area contributed by atoms with Gasteiger partial charge in [-0.05, 0) is 62.2 Å². The van der Waals surface area contributed by atoms with Gasteiger partial charge in [0.15, 0.2) is 0 Å². The lowest BCUT2D eigenvalue weighted by Crippen LogP contribution is -2.12. The third-order valence-electron chi connectivity index (χ3n) is 2.75. The van der Waals surface area contributed by atoms with Crippen LogP contribution in [0.25, 0.3) is 0 Å². The predicted octanol–water partition coefficient (Wildman–Crippen LogP) is 4.06. The Morgan fingerprint density at radius 1 is 1.20 bits per heavy atom. The van der Waals surface area contributed by atoms with Crippen LogP contribution in [0, 0.1) is 5.82 Å². The van der Waals surface area contributed by atoms with Gasteiger partial charge in [-0.1, -0.05) is 6.07 Å². The van der Waals surface area contributed by atoms with Crippen LogP contribution < -0.4 is 11.1 Å². The molecule has 0 aromatic heterocycles. The molecule has 0 fully saturated rings. The Bertz CT molecular complexity index is 641. The summed E-state index contributed by atoms with van der Waals surface area (Å²) in [6.45, 7) is 0.244. The normalized spacial score (nSPS) is 10.3. The maximum Gasteiger partial charge on any atom is 0.248 e. The summed E-state index contributed by atoms with van der Waals surface area (Å²) in [6, 6.07) is 9.71. The molecule has 0 bridgehead atoms. The van der Waals surface area contributed by atoms with Crippen LogP contribution in [0.2, 0.25) is 0 Å². The third kappa shape index (κ3) is 3.37. The highest BCUT2D eigenvalue weighted by Gasteiger charge is 2.09. The number of hydrogen-bond donors (Lipinski definition) is 2. The van der Waals surface area contributed by atoms with Gasteiger partial charge in [0, 0.05) is 26.6 Å². The van der Waals surface area contributed by atoms with Crippen LogP contribution in [0.1, 0.15) is 15.9 Å².